The van der Waals surface area contributed by atoms with Gasteiger partial charge in [-0.1, -0.05) is 12.1 Å². The standard InChI is InChI=1S/C24H23F3N4O6/c1-3-15-10-16(4-5-17(15)23(33)35-9-8-34-12-14(2)32)37-22-21-29-11-19(31(21)7-6-28-22)18-13-36-30-20(18)24(25,26)27/h4-7,10-11,13-14,32H,3,8-9,12H2,1-2H3/t14-/m1/s1. The Morgan fingerprint density at radius 1 is 1.24 bits per heavy atom. The Morgan fingerprint density at radius 3 is 2.78 bits per heavy atom. The quantitative estimate of drug-likeness (QED) is 0.241. The number of nitrogens with zero attached hydrogens (tertiary/aromatic N) is 4. The minimum Gasteiger partial charge on any atom is -0.460 e. The van der Waals surface area contributed by atoms with Crippen molar-refractivity contribution < 1.29 is 41.8 Å². The van der Waals surface area contributed by atoms with Gasteiger partial charge in [0, 0.05) is 12.4 Å². The number of rotatable bonds is 10. The predicted octanol–water partition coefficient (Wildman–Crippen LogP) is 4.31. The summed E-state index contributed by atoms with van der Waals surface area (Å²) in [5.74, 6) is -0.137. The number of fused-ring (bicyclic) bond motifs is 1. The van der Waals surface area contributed by atoms with Crippen molar-refractivity contribution in [2.45, 2.75) is 32.5 Å². The average Bonchev–Trinajstić information content (AvgIpc) is 3.51. The maximum atomic E-state index is 13.3. The van der Waals surface area contributed by atoms with E-state index in [1.54, 1.807) is 25.1 Å². The summed E-state index contributed by atoms with van der Waals surface area (Å²) in [6.07, 6.45) is 0.135. The number of aliphatic hydroxyl groups is 1. The van der Waals surface area contributed by atoms with E-state index in [4.69, 9.17) is 14.2 Å². The van der Waals surface area contributed by atoms with Gasteiger partial charge in [0.15, 0.2) is 5.69 Å². The fraction of sp³-hybridized carbons (Fsp3) is 0.333. The smallest absolute Gasteiger partial charge is 0.437 e. The largest absolute Gasteiger partial charge is 0.460 e. The molecule has 4 rings (SSSR count). The molecule has 1 N–H and O–H groups in total. The molecule has 0 unspecified atom stereocenters. The summed E-state index contributed by atoms with van der Waals surface area (Å²) in [5.41, 5.74) is -0.164. The summed E-state index contributed by atoms with van der Waals surface area (Å²) in [7, 11) is 0. The van der Waals surface area contributed by atoms with E-state index in [1.807, 2.05) is 6.92 Å². The van der Waals surface area contributed by atoms with E-state index in [9.17, 15) is 23.1 Å². The van der Waals surface area contributed by atoms with E-state index in [0.29, 0.717) is 23.3 Å². The molecule has 0 amide bonds. The molecule has 10 nitrogen and oxygen atoms in total. The van der Waals surface area contributed by atoms with Crippen molar-refractivity contribution in [1.29, 1.82) is 0 Å². The van der Waals surface area contributed by atoms with E-state index < -0.39 is 23.9 Å². The molecule has 3 aromatic heterocycles. The Morgan fingerprint density at radius 2 is 2.05 bits per heavy atom. The van der Waals surface area contributed by atoms with Crippen LogP contribution in [-0.4, -0.2) is 56.5 Å². The number of hydrogen-bond donors (Lipinski definition) is 1. The molecule has 0 radical (unpaired) electrons. The Bertz CT molecular complexity index is 1380. The van der Waals surface area contributed by atoms with Crippen LogP contribution in [0, 0.1) is 0 Å². The highest BCUT2D eigenvalue weighted by Gasteiger charge is 2.38. The summed E-state index contributed by atoms with van der Waals surface area (Å²) in [6, 6.07) is 4.75. The van der Waals surface area contributed by atoms with E-state index >= 15 is 0 Å². The highest BCUT2D eigenvalue weighted by atomic mass is 19.4. The van der Waals surface area contributed by atoms with Crippen molar-refractivity contribution in [3.05, 3.63) is 59.9 Å². The molecule has 0 aliphatic heterocycles. The lowest BCUT2D eigenvalue weighted by molar-refractivity contribution is -0.142. The summed E-state index contributed by atoms with van der Waals surface area (Å²) >= 11 is 0. The molecule has 0 fully saturated rings. The lowest BCUT2D eigenvalue weighted by Crippen LogP contribution is -2.16. The SMILES string of the molecule is CCc1cc(Oc2nccn3c(-c4conc4C(F)(F)F)cnc23)ccc1C(=O)OCCOC[C@@H](C)O. The van der Waals surface area contributed by atoms with Crippen LogP contribution in [0.3, 0.4) is 0 Å². The van der Waals surface area contributed by atoms with Gasteiger partial charge in [0.2, 0.25) is 5.65 Å². The lowest BCUT2D eigenvalue weighted by Gasteiger charge is -2.12. The molecule has 37 heavy (non-hydrogen) atoms. The molecule has 1 aromatic carbocycles. The number of aromatic nitrogens is 4. The molecule has 0 saturated carbocycles. The Kier molecular flexibility index (Phi) is 7.74. The molecule has 0 saturated heterocycles. The zero-order valence-electron chi connectivity index (χ0n) is 19.9. The van der Waals surface area contributed by atoms with Crippen LogP contribution in [0.15, 0.2) is 47.6 Å². The first-order valence-electron chi connectivity index (χ1n) is 11.3. The second-order valence-electron chi connectivity index (χ2n) is 7.98. The van der Waals surface area contributed by atoms with Gasteiger partial charge in [-0.2, -0.15) is 13.2 Å². The third-order valence-corrected chi connectivity index (χ3v) is 5.22. The van der Waals surface area contributed by atoms with Gasteiger partial charge in [-0.05, 0) is 37.1 Å². The number of ether oxygens (including phenoxy) is 3. The van der Waals surface area contributed by atoms with Gasteiger partial charge in [0.25, 0.3) is 5.88 Å². The monoisotopic (exact) mass is 520 g/mol. The van der Waals surface area contributed by atoms with Crippen molar-refractivity contribution in [3.8, 4) is 22.9 Å². The Hall–Kier alpha value is -3.97. The third-order valence-electron chi connectivity index (χ3n) is 5.22. The normalized spacial score (nSPS) is 12.6. The number of carbonyl (C=O) groups is 1. The van der Waals surface area contributed by atoms with Gasteiger partial charge < -0.3 is 23.8 Å². The van der Waals surface area contributed by atoms with E-state index in [-0.39, 0.29) is 42.6 Å². The van der Waals surface area contributed by atoms with Crippen LogP contribution in [0.5, 0.6) is 11.6 Å². The van der Waals surface area contributed by atoms with Crippen LogP contribution < -0.4 is 4.74 Å². The number of aryl methyl sites for hydroxylation is 1. The van der Waals surface area contributed by atoms with Gasteiger partial charge in [-0.3, -0.25) is 4.40 Å². The molecule has 0 bridgehead atoms. The molecule has 0 aliphatic carbocycles. The van der Waals surface area contributed by atoms with Crippen LogP contribution >= 0.6 is 0 Å². The zero-order chi connectivity index (χ0) is 26.6. The molecule has 196 valence electrons. The van der Waals surface area contributed by atoms with Crippen molar-refractivity contribution >= 4 is 11.6 Å². The molecule has 3 heterocycles. The maximum absolute atomic E-state index is 13.3. The van der Waals surface area contributed by atoms with Gasteiger partial charge in [0.1, 0.15) is 18.6 Å². The first kappa shape index (κ1) is 26.1. The summed E-state index contributed by atoms with van der Waals surface area (Å²) in [4.78, 5) is 20.8. The Balaban J connectivity index is 1.53. The summed E-state index contributed by atoms with van der Waals surface area (Å²) < 4.78 is 62.1. The van der Waals surface area contributed by atoms with Gasteiger partial charge >= 0.3 is 12.1 Å². The van der Waals surface area contributed by atoms with E-state index in [0.717, 1.165) is 6.26 Å². The molecule has 1 atom stereocenters. The number of esters is 1. The predicted molar refractivity (Wildman–Crippen MR) is 122 cm³/mol. The summed E-state index contributed by atoms with van der Waals surface area (Å²) in [6.45, 7) is 3.78. The number of carbonyl (C=O) groups excluding carboxylic acids is 1. The Labute approximate surface area is 208 Å². The number of aliphatic hydroxyl groups excluding tert-OH is 1. The number of hydrogen-bond acceptors (Lipinski definition) is 9. The fourth-order valence-corrected chi connectivity index (χ4v) is 3.55. The molecular formula is C24H23F3N4O6. The maximum Gasteiger partial charge on any atom is 0.437 e. The number of benzene rings is 1. The van der Waals surface area contributed by atoms with Crippen molar-refractivity contribution in [2.24, 2.45) is 0 Å². The first-order valence-corrected chi connectivity index (χ1v) is 11.3. The van der Waals surface area contributed by atoms with Gasteiger partial charge in [-0.15, -0.1) is 0 Å². The first-order chi connectivity index (χ1) is 17.7. The minimum absolute atomic E-state index is 0.0311. The van der Waals surface area contributed by atoms with Crippen molar-refractivity contribution in [2.75, 3.05) is 19.8 Å². The fourth-order valence-electron chi connectivity index (χ4n) is 3.55. The zero-order valence-corrected chi connectivity index (χ0v) is 19.9. The number of imidazole rings is 1. The summed E-state index contributed by atoms with van der Waals surface area (Å²) in [5, 5.41) is 12.3. The number of halogens is 3. The van der Waals surface area contributed by atoms with Crippen LogP contribution in [0.4, 0.5) is 13.2 Å². The third kappa shape index (κ3) is 5.89. The van der Waals surface area contributed by atoms with Crippen LogP contribution in [0.1, 0.15) is 35.5 Å². The number of alkyl halides is 3. The molecular weight excluding hydrogens is 497 g/mol. The minimum atomic E-state index is -4.71. The van der Waals surface area contributed by atoms with Crippen LogP contribution in [0.2, 0.25) is 0 Å². The van der Waals surface area contributed by atoms with Crippen LogP contribution in [-0.2, 0) is 22.1 Å². The average molecular weight is 520 g/mol. The highest BCUT2D eigenvalue weighted by Crippen LogP contribution is 2.37. The second-order valence-corrected chi connectivity index (χ2v) is 7.98. The topological polar surface area (TPSA) is 121 Å². The van der Waals surface area contributed by atoms with Crippen molar-refractivity contribution in [3.63, 3.8) is 0 Å². The second kappa shape index (κ2) is 11.0. The molecule has 0 aliphatic rings. The van der Waals surface area contributed by atoms with Crippen LogP contribution in [0.25, 0.3) is 16.9 Å². The lowest BCUT2D eigenvalue weighted by atomic mass is 10.1. The van der Waals surface area contributed by atoms with Gasteiger partial charge in [-0.25, -0.2) is 14.8 Å². The highest BCUT2D eigenvalue weighted by molar-refractivity contribution is 5.91. The van der Waals surface area contributed by atoms with E-state index in [2.05, 4.69) is 19.6 Å². The molecule has 13 heteroatoms. The molecule has 0 spiro atoms. The van der Waals surface area contributed by atoms with E-state index in [1.165, 1.54) is 23.0 Å². The molecule has 4 aromatic rings. The van der Waals surface area contributed by atoms with Crippen molar-refractivity contribution in [1.82, 2.24) is 19.5 Å². The van der Waals surface area contributed by atoms with Gasteiger partial charge in [0.05, 0.1) is 42.3 Å².